The first-order valence-electron chi connectivity index (χ1n) is 13.7. The van der Waals surface area contributed by atoms with Gasteiger partial charge in [-0.05, 0) is 67.6 Å². The molecule has 3 aromatic carbocycles. The molecule has 1 atom stereocenters. The van der Waals surface area contributed by atoms with Gasteiger partial charge in [-0.2, -0.15) is 4.98 Å². The largest absolute Gasteiger partial charge is 0.493 e. The van der Waals surface area contributed by atoms with Gasteiger partial charge >= 0.3 is 0 Å². The van der Waals surface area contributed by atoms with Gasteiger partial charge in [0.15, 0.2) is 11.5 Å². The lowest BCUT2D eigenvalue weighted by atomic mass is 9.94. The van der Waals surface area contributed by atoms with Crippen LogP contribution < -0.4 is 20.1 Å². The minimum absolute atomic E-state index is 0.207. The topological polar surface area (TPSA) is 90.3 Å². The van der Waals surface area contributed by atoms with Crippen molar-refractivity contribution in [3.8, 4) is 11.5 Å². The van der Waals surface area contributed by atoms with Crippen LogP contribution in [0, 0.1) is 13.8 Å². The first kappa shape index (κ1) is 28.3. The van der Waals surface area contributed by atoms with Crippen LogP contribution in [0.5, 0.6) is 11.5 Å². The molecule has 0 bridgehead atoms. The maximum atomic E-state index is 14.0. The Kier molecular flexibility index (Phi) is 8.64. The molecule has 212 valence electrons. The van der Waals surface area contributed by atoms with E-state index in [0.717, 1.165) is 40.1 Å². The summed E-state index contributed by atoms with van der Waals surface area (Å²) in [6.45, 7) is 8.48. The number of aryl methyl sites for hydroxylation is 1. The maximum absolute atomic E-state index is 14.0. The summed E-state index contributed by atoms with van der Waals surface area (Å²) >= 11 is 1.60. The number of nitrogens with zero attached hydrogens (tertiary/aromatic N) is 3. The number of ether oxygens (including phenoxy) is 2. The van der Waals surface area contributed by atoms with Gasteiger partial charge in [-0.25, -0.2) is 4.68 Å². The molecule has 0 saturated carbocycles. The molecule has 1 amide bonds. The highest BCUT2D eigenvalue weighted by Gasteiger charge is 2.35. The molecule has 0 spiro atoms. The van der Waals surface area contributed by atoms with Crippen molar-refractivity contribution in [2.45, 2.75) is 51.9 Å². The number of allylic oxidation sites excluding steroid dienone is 1. The number of carbonyl (C=O) groups excluding carboxylic acids is 1. The van der Waals surface area contributed by atoms with E-state index in [1.165, 1.54) is 0 Å². The molecule has 1 aliphatic rings. The van der Waals surface area contributed by atoms with Gasteiger partial charge in [0.1, 0.15) is 12.6 Å². The average Bonchev–Trinajstić information content (AvgIpc) is 3.39. The first-order valence-corrected chi connectivity index (χ1v) is 14.7. The molecular weight excluding hydrogens is 534 g/mol. The molecular formula is C32H35N5O3S. The summed E-state index contributed by atoms with van der Waals surface area (Å²) in [5.74, 6) is 2.49. The number of thioether (sulfide) groups is 1. The van der Waals surface area contributed by atoms with Crippen molar-refractivity contribution in [2.75, 3.05) is 23.5 Å². The van der Waals surface area contributed by atoms with Crippen LogP contribution in [0.3, 0.4) is 0 Å². The number of aromatic nitrogens is 3. The third kappa shape index (κ3) is 6.10. The Morgan fingerprint density at radius 3 is 2.61 bits per heavy atom. The summed E-state index contributed by atoms with van der Waals surface area (Å²) in [4.78, 5) is 18.7. The van der Waals surface area contributed by atoms with Crippen LogP contribution in [0.25, 0.3) is 0 Å². The fourth-order valence-electron chi connectivity index (χ4n) is 4.77. The number of amides is 1. The number of rotatable bonds is 10. The van der Waals surface area contributed by atoms with Gasteiger partial charge in [0.25, 0.3) is 5.91 Å². The van der Waals surface area contributed by atoms with E-state index >= 15 is 0 Å². The highest BCUT2D eigenvalue weighted by Crippen LogP contribution is 2.40. The Hall–Kier alpha value is -4.24. The summed E-state index contributed by atoms with van der Waals surface area (Å²) in [5, 5.41) is 11.9. The zero-order valence-corrected chi connectivity index (χ0v) is 24.8. The van der Waals surface area contributed by atoms with Crippen molar-refractivity contribution in [3.05, 3.63) is 100 Å². The van der Waals surface area contributed by atoms with Crippen LogP contribution in [0.15, 0.2) is 83.2 Å². The number of nitrogens with one attached hydrogen (secondary N) is 2. The average molecular weight is 570 g/mol. The van der Waals surface area contributed by atoms with Crippen molar-refractivity contribution in [1.29, 1.82) is 0 Å². The third-order valence-corrected chi connectivity index (χ3v) is 8.15. The molecule has 1 aromatic heterocycles. The number of benzene rings is 3. The van der Waals surface area contributed by atoms with Gasteiger partial charge in [-0.15, -0.1) is 5.10 Å². The smallest absolute Gasteiger partial charge is 0.255 e. The van der Waals surface area contributed by atoms with E-state index in [0.29, 0.717) is 40.5 Å². The summed E-state index contributed by atoms with van der Waals surface area (Å²) in [7, 11) is 1.62. The molecule has 8 nitrogen and oxygen atoms in total. The van der Waals surface area contributed by atoms with E-state index in [1.807, 2.05) is 87.5 Å². The zero-order valence-electron chi connectivity index (χ0n) is 24.0. The predicted octanol–water partition coefficient (Wildman–Crippen LogP) is 6.91. The SMILES string of the molecule is CCCSc1nc2n(n1)C(c1ccc(OCc3ccccc3)c(OC)c1)C(C(=O)Nc1cccc(C)c1C)=C(C)N2. The van der Waals surface area contributed by atoms with E-state index in [9.17, 15) is 4.79 Å². The zero-order chi connectivity index (χ0) is 28.9. The number of methoxy groups -OCH3 is 1. The number of carbonyl (C=O) groups is 1. The number of hydrogen-bond acceptors (Lipinski definition) is 7. The van der Waals surface area contributed by atoms with E-state index in [4.69, 9.17) is 19.6 Å². The van der Waals surface area contributed by atoms with Crippen molar-refractivity contribution in [2.24, 2.45) is 0 Å². The molecule has 0 radical (unpaired) electrons. The molecule has 4 aromatic rings. The second-order valence-corrected chi connectivity index (χ2v) is 11.0. The molecule has 1 unspecified atom stereocenters. The lowest BCUT2D eigenvalue weighted by Crippen LogP contribution is -2.31. The van der Waals surface area contributed by atoms with Crippen LogP contribution in [0.4, 0.5) is 11.6 Å². The highest BCUT2D eigenvalue weighted by atomic mass is 32.2. The first-order chi connectivity index (χ1) is 19.9. The molecule has 0 fully saturated rings. The van der Waals surface area contributed by atoms with Gasteiger partial charge in [0, 0.05) is 17.1 Å². The fraction of sp³-hybridized carbons (Fsp3) is 0.281. The second kappa shape index (κ2) is 12.5. The maximum Gasteiger partial charge on any atom is 0.255 e. The number of fused-ring (bicyclic) bond motifs is 1. The van der Waals surface area contributed by atoms with Gasteiger partial charge in [-0.3, -0.25) is 4.79 Å². The summed E-state index contributed by atoms with van der Waals surface area (Å²) in [5.41, 5.74) is 6.08. The number of hydrogen-bond donors (Lipinski definition) is 2. The van der Waals surface area contributed by atoms with Gasteiger partial charge in [0.05, 0.1) is 12.7 Å². The van der Waals surface area contributed by atoms with Crippen molar-refractivity contribution in [1.82, 2.24) is 14.8 Å². The molecule has 2 heterocycles. The second-order valence-electron chi connectivity index (χ2n) is 9.96. The summed E-state index contributed by atoms with van der Waals surface area (Å²) in [6.07, 6.45) is 1.01. The Balaban J connectivity index is 1.53. The summed E-state index contributed by atoms with van der Waals surface area (Å²) in [6, 6.07) is 21.1. The van der Waals surface area contributed by atoms with Crippen molar-refractivity contribution < 1.29 is 14.3 Å². The Labute approximate surface area is 245 Å². The van der Waals surface area contributed by atoms with Crippen molar-refractivity contribution >= 4 is 29.3 Å². The lowest BCUT2D eigenvalue weighted by Gasteiger charge is -2.29. The molecule has 41 heavy (non-hydrogen) atoms. The van der Waals surface area contributed by atoms with Crippen LogP contribution in [-0.2, 0) is 11.4 Å². The third-order valence-electron chi connectivity index (χ3n) is 7.11. The highest BCUT2D eigenvalue weighted by molar-refractivity contribution is 7.99. The standard InChI is InChI=1S/C32H35N5O3S/c1-6-17-41-32-35-31-33-22(4)28(30(38)34-25-14-10-11-20(2)21(25)3)29(37(31)36-32)24-15-16-26(27(18-24)39-5)40-19-23-12-8-7-9-13-23/h7-16,18,29H,6,17,19H2,1-5H3,(H,34,38)(H,33,35,36). The van der Waals surface area contributed by atoms with Gasteiger partial charge < -0.3 is 20.1 Å². The quantitative estimate of drug-likeness (QED) is 0.201. The van der Waals surface area contributed by atoms with E-state index in [1.54, 1.807) is 23.6 Å². The van der Waals surface area contributed by atoms with E-state index in [2.05, 4.69) is 17.6 Å². The van der Waals surface area contributed by atoms with Crippen LogP contribution in [0.2, 0.25) is 0 Å². The fourth-order valence-corrected chi connectivity index (χ4v) is 5.46. The predicted molar refractivity (Wildman–Crippen MR) is 164 cm³/mol. The Morgan fingerprint density at radius 1 is 1.05 bits per heavy atom. The summed E-state index contributed by atoms with van der Waals surface area (Å²) < 4.78 is 13.7. The van der Waals surface area contributed by atoms with Crippen molar-refractivity contribution in [3.63, 3.8) is 0 Å². The molecule has 2 N–H and O–H groups in total. The lowest BCUT2D eigenvalue weighted by molar-refractivity contribution is -0.113. The van der Waals surface area contributed by atoms with E-state index in [-0.39, 0.29) is 5.91 Å². The normalized spacial score (nSPS) is 14.3. The molecule has 0 saturated heterocycles. The van der Waals surface area contributed by atoms with Crippen LogP contribution in [0.1, 0.15) is 48.6 Å². The van der Waals surface area contributed by atoms with E-state index < -0.39 is 6.04 Å². The number of anilines is 2. The molecule has 9 heteroatoms. The van der Waals surface area contributed by atoms with Crippen LogP contribution in [-0.4, -0.2) is 33.5 Å². The minimum atomic E-state index is -0.531. The Bertz CT molecular complexity index is 1580. The minimum Gasteiger partial charge on any atom is -0.493 e. The monoisotopic (exact) mass is 569 g/mol. The molecule has 5 rings (SSSR count). The van der Waals surface area contributed by atoms with Crippen LogP contribution >= 0.6 is 11.8 Å². The van der Waals surface area contributed by atoms with Gasteiger partial charge in [-0.1, -0.05) is 67.2 Å². The Morgan fingerprint density at radius 2 is 1.85 bits per heavy atom. The molecule has 0 aliphatic carbocycles. The molecule has 1 aliphatic heterocycles. The van der Waals surface area contributed by atoms with Gasteiger partial charge in [0.2, 0.25) is 11.1 Å².